The molecule has 0 unspecified atom stereocenters. The van der Waals surface area contributed by atoms with Crippen LogP contribution in [-0.4, -0.2) is 12.0 Å². The van der Waals surface area contributed by atoms with Crippen LogP contribution in [0.25, 0.3) is 10.6 Å². The average molecular weight is 244 g/mol. The number of nitrogens with one attached hydrogen (secondary N) is 1. The van der Waals surface area contributed by atoms with Gasteiger partial charge in [0.2, 0.25) is 0 Å². The van der Waals surface area contributed by atoms with Gasteiger partial charge in [0.1, 0.15) is 5.01 Å². The third kappa shape index (κ3) is 2.40. The van der Waals surface area contributed by atoms with Crippen LogP contribution in [0.2, 0.25) is 0 Å². The minimum atomic E-state index is 0.812. The fourth-order valence-corrected chi connectivity index (χ4v) is 2.96. The SMILES string of the molecule is CNCc1cnc(-c2cccc(C3CC3)c2)s1. The molecule has 1 heterocycles. The lowest BCUT2D eigenvalue weighted by Gasteiger charge is -2.00. The second kappa shape index (κ2) is 4.59. The number of benzene rings is 1. The largest absolute Gasteiger partial charge is 0.315 e. The summed E-state index contributed by atoms with van der Waals surface area (Å²) in [5, 5.41) is 4.30. The third-order valence-corrected chi connectivity index (χ3v) is 4.13. The number of hydrogen-bond donors (Lipinski definition) is 1. The minimum Gasteiger partial charge on any atom is -0.315 e. The summed E-state index contributed by atoms with van der Waals surface area (Å²) in [6.07, 6.45) is 4.68. The highest BCUT2D eigenvalue weighted by Gasteiger charge is 2.23. The van der Waals surface area contributed by atoms with Gasteiger partial charge in [0.05, 0.1) is 0 Å². The van der Waals surface area contributed by atoms with Gasteiger partial charge in [-0.25, -0.2) is 4.98 Å². The van der Waals surface area contributed by atoms with Gasteiger partial charge >= 0.3 is 0 Å². The summed E-state index contributed by atoms with van der Waals surface area (Å²) in [5.74, 6) is 0.812. The summed E-state index contributed by atoms with van der Waals surface area (Å²) in [5.41, 5.74) is 2.75. The number of aromatic nitrogens is 1. The van der Waals surface area contributed by atoms with E-state index in [4.69, 9.17) is 0 Å². The molecule has 0 bridgehead atoms. The first-order valence-corrected chi connectivity index (χ1v) is 6.88. The number of thiazole rings is 1. The number of nitrogens with zero attached hydrogens (tertiary/aromatic N) is 1. The molecule has 1 aliphatic carbocycles. The van der Waals surface area contributed by atoms with Crippen molar-refractivity contribution in [2.24, 2.45) is 0 Å². The van der Waals surface area contributed by atoms with Crippen LogP contribution in [0.1, 0.15) is 29.2 Å². The summed E-state index contributed by atoms with van der Waals surface area (Å²) in [6, 6.07) is 8.86. The maximum absolute atomic E-state index is 4.50. The Kier molecular flexibility index (Phi) is 2.95. The van der Waals surface area contributed by atoms with Gasteiger partial charge in [0.25, 0.3) is 0 Å². The molecule has 0 atom stereocenters. The number of rotatable bonds is 4. The second-order valence-corrected chi connectivity index (χ2v) is 5.68. The molecule has 2 aromatic rings. The Balaban J connectivity index is 1.88. The van der Waals surface area contributed by atoms with E-state index in [1.165, 1.54) is 28.8 Å². The predicted octanol–water partition coefficient (Wildman–Crippen LogP) is 3.41. The Morgan fingerprint density at radius 2 is 2.29 bits per heavy atom. The molecule has 0 radical (unpaired) electrons. The highest BCUT2D eigenvalue weighted by Crippen LogP contribution is 2.41. The van der Waals surface area contributed by atoms with Crippen molar-refractivity contribution in [1.29, 1.82) is 0 Å². The standard InChI is InChI=1S/C14H16N2S/c1-15-8-13-9-16-14(17-13)12-4-2-3-11(7-12)10-5-6-10/h2-4,7,9-10,15H,5-6,8H2,1H3. The van der Waals surface area contributed by atoms with E-state index >= 15 is 0 Å². The minimum absolute atomic E-state index is 0.812. The molecule has 0 aliphatic heterocycles. The predicted molar refractivity (Wildman–Crippen MR) is 72.3 cm³/mol. The van der Waals surface area contributed by atoms with Crippen molar-refractivity contribution in [2.75, 3.05) is 7.05 Å². The molecule has 17 heavy (non-hydrogen) atoms. The summed E-state index contributed by atoms with van der Waals surface area (Å²) in [6.45, 7) is 0.903. The lowest BCUT2D eigenvalue weighted by atomic mass is 10.1. The van der Waals surface area contributed by atoms with Gasteiger partial charge in [-0.3, -0.25) is 0 Å². The van der Waals surface area contributed by atoms with Crippen LogP contribution >= 0.6 is 11.3 Å². The topological polar surface area (TPSA) is 24.9 Å². The lowest BCUT2D eigenvalue weighted by Crippen LogP contribution is -2.02. The summed E-state index contributed by atoms with van der Waals surface area (Å²) >= 11 is 1.78. The zero-order valence-electron chi connectivity index (χ0n) is 9.94. The highest BCUT2D eigenvalue weighted by molar-refractivity contribution is 7.15. The van der Waals surface area contributed by atoms with Crippen LogP contribution < -0.4 is 5.32 Å². The van der Waals surface area contributed by atoms with Crippen molar-refractivity contribution in [3.63, 3.8) is 0 Å². The Morgan fingerprint density at radius 1 is 1.41 bits per heavy atom. The summed E-state index contributed by atoms with van der Waals surface area (Å²) in [4.78, 5) is 5.80. The monoisotopic (exact) mass is 244 g/mol. The van der Waals surface area contributed by atoms with E-state index in [0.29, 0.717) is 0 Å². The van der Waals surface area contributed by atoms with Crippen molar-refractivity contribution >= 4 is 11.3 Å². The molecule has 1 aromatic heterocycles. The van der Waals surface area contributed by atoms with Gasteiger partial charge in [-0.1, -0.05) is 18.2 Å². The molecule has 3 rings (SSSR count). The molecule has 88 valence electrons. The van der Waals surface area contributed by atoms with Crippen LogP contribution in [-0.2, 0) is 6.54 Å². The van der Waals surface area contributed by atoms with Gasteiger partial charge < -0.3 is 5.32 Å². The fraction of sp³-hybridized carbons (Fsp3) is 0.357. The quantitative estimate of drug-likeness (QED) is 0.891. The van der Waals surface area contributed by atoms with Crippen LogP contribution in [0.3, 0.4) is 0 Å². The first kappa shape index (κ1) is 10.9. The molecular weight excluding hydrogens is 228 g/mol. The maximum atomic E-state index is 4.50. The smallest absolute Gasteiger partial charge is 0.123 e. The van der Waals surface area contributed by atoms with Gasteiger partial charge in [0, 0.05) is 23.2 Å². The zero-order chi connectivity index (χ0) is 11.7. The van der Waals surface area contributed by atoms with E-state index in [-0.39, 0.29) is 0 Å². The van der Waals surface area contributed by atoms with Crippen LogP contribution in [0.4, 0.5) is 0 Å². The Labute approximate surface area is 106 Å². The van der Waals surface area contributed by atoms with E-state index in [0.717, 1.165) is 17.5 Å². The molecule has 0 saturated heterocycles. The average Bonchev–Trinajstić information content (AvgIpc) is 3.11. The van der Waals surface area contributed by atoms with E-state index in [1.807, 2.05) is 13.2 Å². The molecule has 1 N–H and O–H groups in total. The van der Waals surface area contributed by atoms with Crippen molar-refractivity contribution in [3.8, 4) is 10.6 Å². The van der Waals surface area contributed by atoms with E-state index in [9.17, 15) is 0 Å². The van der Waals surface area contributed by atoms with Crippen LogP contribution in [0.15, 0.2) is 30.5 Å². The molecular formula is C14H16N2S. The highest BCUT2D eigenvalue weighted by atomic mass is 32.1. The van der Waals surface area contributed by atoms with Crippen LogP contribution in [0, 0.1) is 0 Å². The third-order valence-electron chi connectivity index (χ3n) is 3.09. The molecule has 2 nitrogen and oxygen atoms in total. The Bertz CT molecular complexity index is 514. The zero-order valence-corrected chi connectivity index (χ0v) is 10.8. The van der Waals surface area contributed by atoms with Crippen molar-refractivity contribution in [2.45, 2.75) is 25.3 Å². The fourth-order valence-electron chi connectivity index (χ4n) is 2.04. The normalized spacial score (nSPS) is 15.1. The van der Waals surface area contributed by atoms with Crippen molar-refractivity contribution < 1.29 is 0 Å². The van der Waals surface area contributed by atoms with Crippen molar-refractivity contribution in [3.05, 3.63) is 40.9 Å². The first-order valence-electron chi connectivity index (χ1n) is 6.06. The van der Waals surface area contributed by atoms with Gasteiger partial charge in [-0.15, -0.1) is 11.3 Å². The molecule has 1 aliphatic rings. The van der Waals surface area contributed by atoms with Crippen LogP contribution in [0.5, 0.6) is 0 Å². The lowest BCUT2D eigenvalue weighted by molar-refractivity contribution is 0.829. The summed E-state index contributed by atoms with van der Waals surface area (Å²) in [7, 11) is 1.97. The summed E-state index contributed by atoms with van der Waals surface area (Å²) < 4.78 is 0. The Morgan fingerprint density at radius 3 is 3.06 bits per heavy atom. The second-order valence-electron chi connectivity index (χ2n) is 4.56. The molecule has 0 spiro atoms. The molecule has 1 saturated carbocycles. The van der Waals surface area contributed by atoms with Gasteiger partial charge in [-0.05, 0) is 37.4 Å². The molecule has 0 amide bonds. The molecule has 1 fully saturated rings. The van der Waals surface area contributed by atoms with Crippen molar-refractivity contribution in [1.82, 2.24) is 10.3 Å². The van der Waals surface area contributed by atoms with Gasteiger partial charge in [-0.2, -0.15) is 0 Å². The maximum Gasteiger partial charge on any atom is 0.123 e. The first-order chi connectivity index (χ1) is 8.36. The van der Waals surface area contributed by atoms with Gasteiger partial charge in [0.15, 0.2) is 0 Å². The van der Waals surface area contributed by atoms with E-state index < -0.39 is 0 Å². The molecule has 3 heteroatoms. The van der Waals surface area contributed by atoms with E-state index in [2.05, 4.69) is 34.6 Å². The number of hydrogen-bond acceptors (Lipinski definition) is 3. The Hall–Kier alpha value is -1.19. The van der Waals surface area contributed by atoms with E-state index in [1.54, 1.807) is 11.3 Å². The molecule has 1 aromatic carbocycles.